The number of carbonyl (C=O) groups is 2. The molecule has 0 saturated heterocycles. The third-order valence-corrected chi connectivity index (χ3v) is 7.56. The summed E-state index contributed by atoms with van der Waals surface area (Å²) in [5.74, 6) is -2.31. The van der Waals surface area contributed by atoms with Crippen molar-refractivity contribution in [3.63, 3.8) is 0 Å². The van der Waals surface area contributed by atoms with E-state index in [1.165, 1.54) is 4.57 Å². The van der Waals surface area contributed by atoms with Gasteiger partial charge in [0.1, 0.15) is 10.5 Å². The number of esters is 2. The van der Waals surface area contributed by atoms with Gasteiger partial charge in [-0.25, -0.2) is 9.59 Å². The zero-order valence-corrected chi connectivity index (χ0v) is 23.4. The second-order valence-electron chi connectivity index (χ2n) is 7.75. The number of hydrogen-bond donors (Lipinski definition) is 1. The van der Waals surface area contributed by atoms with Crippen LogP contribution in [0.2, 0.25) is 0 Å². The minimum absolute atomic E-state index is 0.0133. The van der Waals surface area contributed by atoms with Gasteiger partial charge in [-0.2, -0.15) is 0 Å². The molecule has 7 nitrogen and oxygen atoms in total. The summed E-state index contributed by atoms with van der Waals surface area (Å²) in [5, 5.41) is 0. The number of halogens is 2. The molecule has 0 fully saturated rings. The molecular formula is C26H22Br2N2O5S. The maximum absolute atomic E-state index is 13.6. The number of nitrogens with zero attached hydrogens (tertiary/aromatic N) is 1. The van der Waals surface area contributed by atoms with Crippen molar-refractivity contribution in [3.05, 3.63) is 93.7 Å². The molecular weight excluding hydrogens is 612 g/mol. The second-order valence-corrected chi connectivity index (χ2v) is 10.6. The number of hydrogen-bond acceptors (Lipinski definition) is 7. The maximum Gasteiger partial charge on any atom is 0.338 e. The minimum Gasteiger partial charge on any atom is -0.463 e. The molecule has 1 aromatic heterocycles. The Bertz CT molecular complexity index is 1570. The van der Waals surface area contributed by atoms with Crippen LogP contribution in [0, 0.1) is 0 Å². The first-order valence-corrected chi connectivity index (χ1v) is 13.5. The lowest BCUT2D eigenvalue weighted by Crippen LogP contribution is -2.42. The summed E-state index contributed by atoms with van der Waals surface area (Å²) in [6.45, 7) is 3.59. The Labute approximate surface area is 227 Å². The molecule has 1 atom stereocenters. The van der Waals surface area contributed by atoms with E-state index in [1.807, 2.05) is 30.3 Å². The Morgan fingerprint density at radius 3 is 2.22 bits per heavy atom. The largest absolute Gasteiger partial charge is 0.463 e. The number of nitrogens with two attached hydrogens (primary N) is 1. The summed E-state index contributed by atoms with van der Waals surface area (Å²) in [6, 6.07) is 14.7. The fraction of sp³-hybridized carbons (Fsp3) is 0.192. The van der Waals surface area contributed by atoms with Gasteiger partial charge in [-0.3, -0.25) is 9.36 Å². The average Bonchev–Trinajstić information content (AvgIpc) is 3.15. The number of benzene rings is 2. The molecule has 10 heteroatoms. The van der Waals surface area contributed by atoms with Crippen molar-refractivity contribution in [1.29, 1.82) is 0 Å². The Hall–Kier alpha value is -2.95. The van der Waals surface area contributed by atoms with E-state index in [4.69, 9.17) is 15.2 Å². The topological polar surface area (TPSA) is 101 Å². The molecule has 3 aromatic rings. The molecule has 186 valence electrons. The second kappa shape index (κ2) is 11.0. The van der Waals surface area contributed by atoms with Gasteiger partial charge < -0.3 is 15.2 Å². The summed E-state index contributed by atoms with van der Waals surface area (Å²) in [5.41, 5.74) is 7.65. The van der Waals surface area contributed by atoms with E-state index in [2.05, 4.69) is 31.9 Å². The predicted octanol–water partition coefficient (Wildman–Crippen LogP) is 3.47. The Morgan fingerprint density at radius 1 is 1.00 bits per heavy atom. The van der Waals surface area contributed by atoms with Crippen LogP contribution in [-0.4, -0.2) is 29.7 Å². The van der Waals surface area contributed by atoms with Crippen LogP contribution in [-0.2, 0) is 19.1 Å². The number of rotatable bonds is 6. The molecule has 0 radical (unpaired) electrons. The molecule has 1 aliphatic heterocycles. The highest BCUT2D eigenvalue weighted by Crippen LogP contribution is 2.38. The monoisotopic (exact) mass is 632 g/mol. The zero-order chi connectivity index (χ0) is 26.0. The molecule has 1 aliphatic rings. The van der Waals surface area contributed by atoms with Gasteiger partial charge in [0.2, 0.25) is 0 Å². The summed E-state index contributed by atoms with van der Waals surface area (Å²) in [7, 11) is 0. The van der Waals surface area contributed by atoms with Crippen LogP contribution in [0.3, 0.4) is 0 Å². The number of ether oxygens (including phenoxy) is 2. The number of fused-ring (bicyclic) bond motifs is 1. The van der Waals surface area contributed by atoms with Crippen molar-refractivity contribution in [2.75, 3.05) is 13.2 Å². The van der Waals surface area contributed by atoms with Crippen LogP contribution in [0.25, 0.3) is 17.5 Å². The van der Waals surface area contributed by atoms with Gasteiger partial charge in [-0.15, -0.1) is 11.3 Å². The van der Waals surface area contributed by atoms with Crippen LogP contribution in [0.1, 0.15) is 30.9 Å². The lowest BCUT2D eigenvalue weighted by Gasteiger charge is -2.27. The standard InChI is InChI=1S/C26H22Br2N2O5S/c1-3-34-25(32)20-19(15-8-6-10-17(28)13-15)21(26(33)35-4-2)24-30(22(20)29)23(31)18(36-24)12-14-7-5-9-16(27)11-14/h5-13,19H,3-4,29H2,1-2H3/b18-12-/t19-/m1/s1. The molecule has 0 bridgehead atoms. The SMILES string of the molecule is CCOC(=O)C1=C(N)n2c(s/c(=C\c3cccc(Br)c3)c2=O)=C(C(=O)OCC)[C@@H]1c1cccc(Br)c1. The van der Waals surface area contributed by atoms with E-state index in [0.717, 1.165) is 25.8 Å². The third kappa shape index (κ3) is 4.98. The highest BCUT2D eigenvalue weighted by Gasteiger charge is 2.40. The zero-order valence-electron chi connectivity index (χ0n) is 19.4. The molecule has 0 amide bonds. The summed E-state index contributed by atoms with van der Waals surface area (Å²) < 4.78 is 14.2. The predicted molar refractivity (Wildman–Crippen MR) is 146 cm³/mol. The third-order valence-electron chi connectivity index (χ3n) is 5.47. The first-order valence-electron chi connectivity index (χ1n) is 11.1. The molecule has 2 aromatic carbocycles. The van der Waals surface area contributed by atoms with E-state index in [1.54, 1.807) is 38.1 Å². The number of thiazole rings is 1. The van der Waals surface area contributed by atoms with Gasteiger partial charge in [-0.1, -0.05) is 56.1 Å². The molecule has 0 aliphatic carbocycles. The highest BCUT2D eigenvalue weighted by atomic mass is 79.9. The highest BCUT2D eigenvalue weighted by molar-refractivity contribution is 9.10. The molecule has 0 spiro atoms. The lowest BCUT2D eigenvalue weighted by molar-refractivity contribution is -0.138. The minimum atomic E-state index is -0.891. The Morgan fingerprint density at radius 2 is 1.61 bits per heavy atom. The van der Waals surface area contributed by atoms with Crippen molar-refractivity contribution >= 4 is 72.6 Å². The van der Waals surface area contributed by atoms with Crippen molar-refractivity contribution < 1.29 is 19.1 Å². The van der Waals surface area contributed by atoms with Crippen molar-refractivity contribution in [3.8, 4) is 0 Å². The summed E-state index contributed by atoms with van der Waals surface area (Å²) in [4.78, 5) is 40.1. The number of aromatic nitrogens is 1. The summed E-state index contributed by atoms with van der Waals surface area (Å²) >= 11 is 8.02. The molecule has 4 rings (SSSR count). The van der Waals surface area contributed by atoms with Gasteiger partial charge in [0.25, 0.3) is 5.56 Å². The van der Waals surface area contributed by atoms with Crippen LogP contribution in [0.15, 0.2) is 67.8 Å². The fourth-order valence-corrected chi connectivity index (χ4v) is 6.03. The normalized spacial score (nSPS) is 15.6. The first-order chi connectivity index (χ1) is 17.3. The van der Waals surface area contributed by atoms with E-state index in [-0.39, 0.29) is 30.2 Å². The van der Waals surface area contributed by atoms with Gasteiger partial charge in [-0.05, 0) is 55.3 Å². The van der Waals surface area contributed by atoms with Gasteiger partial charge in [0.15, 0.2) is 0 Å². The van der Waals surface area contributed by atoms with E-state index < -0.39 is 23.4 Å². The Kier molecular flexibility index (Phi) is 7.97. The van der Waals surface area contributed by atoms with Crippen molar-refractivity contribution in [2.45, 2.75) is 19.8 Å². The van der Waals surface area contributed by atoms with E-state index in [0.29, 0.717) is 14.8 Å². The lowest BCUT2D eigenvalue weighted by atomic mass is 9.83. The average molecular weight is 634 g/mol. The van der Waals surface area contributed by atoms with Crippen LogP contribution in [0.4, 0.5) is 0 Å². The molecule has 36 heavy (non-hydrogen) atoms. The van der Waals surface area contributed by atoms with Gasteiger partial charge in [0, 0.05) is 8.95 Å². The maximum atomic E-state index is 13.6. The molecule has 0 unspecified atom stereocenters. The quantitative estimate of drug-likeness (QED) is 0.418. The molecule has 0 saturated carbocycles. The number of carbonyl (C=O) groups excluding carboxylic acids is 2. The smallest absolute Gasteiger partial charge is 0.338 e. The Balaban J connectivity index is 2.12. The van der Waals surface area contributed by atoms with E-state index >= 15 is 0 Å². The summed E-state index contributed by atoms with van der Waals surface area (Å²) in [6.07, 6.45) is 1.72. The van der Waals surface area contributed by atoms with Crippen LogP contribution in [0.5, 0.6) is 0 Å². The van der Waals surface area contributed by atoms with E-state index in [9.17, 15) is 14.4 Å². The van der Waals surface area contributed by atoms with Crippen molar-refractivity contribution in [1.82, 2.24) is 4.57 Å². The van der Waals surface area contributed by atoms with Crippen LogP contribution >= 0.6 is 43.2 Å². The van der Waals surface area contributed by atoms with Gasteiger partial charge in [0.05, 0.1) is 34.8 Å². The van der Waals surface area contributed by atoms with Crippen LogP contribution < -0.4 is 20.5 Å². The first kappa shape index (κ1) is 26.1. The fourth-order valence-electron chi connectivity index (χ4n) is 4.03. The van der Waals surface area contributed by atoms with Gasteiger partial charge >= 0.3 is 11.9 Å². The molecule has 2 heterocycles. The molecule has 2 N–H and O–H groups in total. The van der Waals surface area contributed by atoms with Crippen molar-refractivity contribution in [2.24, 2.45) is 5.73 Å².